The second-order valence-corrected chi connectivity index (χ2v) is 5.93. The molecule has 2 unspecified atom stereocenters. The van der Waals surface area contributed by atoms with Crippen LogP contribution < -0.4 is 11.5 Å². The summed E-state index contributed by atoms with van der Waals surface area (Å²) in [6, 6.07) is 8.72. The van der Waals surface area contributed by atoms with Gasteiger partial charge in [0.1, 0.15) is 17.2 Å². The topological polar surface area (TPSA) is 155 Å². The van der Waals surface area contributed by atoms with Crippen molar-refractivity contribution in [3.63, 3.8) is 0 Å². The van der Waals surface area contributed by atoms with Gasteiger partial charge in [0.05, 0.1) is 9.85 Å². The van der Waals surface area contributed by atoms with Crippen LogP contribution in [0.15, 0.2) is 36.4 Å². The van der Waals surface area contributed by atoms with Crippen molar-refractivity contribution < 1.29 is 14.6 Å². The van der Waals surface area contributed by atoms with Crippen LogP contribution in [-0.2, 0) is 4.79 Å². The number of nitrogens with zero attached hydrogens (tertiary/aromatic N) is 2. The number of hydrogen-bond acceptors (Lipinski definition) is 7. The SMILES string of the molecule is CC(C(=O)C(C)c1cccc(N)c1[N+](=O)[O-])c1cccc(N)c1[N+](=O)[O-]. The van der Waals surface area contributed by atoms with Gasteiger partial charge in [-0.15, -0.1) is 0 Å². The molecular weight excluding hydrogens is 340 g/mol. The molecule has 136 valence electrons. The first-order valence-corrected chi connectivity index (χ1v) is 7.76. The lowest BCUT2D eigenvalue weighted by Crippen LogP contribution is -2.19. The summed E-state index contributed by atoms with van der Waals surface area (Å²) in [5, 5.41) is 22.6. The number of nitrogens with two attached hydrogens (primary N) is 2. The largest absolute Gasteiger partial charge is 0.393 e. The zero-order chi connectivity index (χ0) is 19.6. The van der Waals surface area contributed by atoms with Gasteiger partial charge in [-0.1, -0.05) is 38.1 Å². The lowest BCUT2D eigenvalue weighted by Gasteiger charge is -2.18. The van der Waals surface area contributed by atoms with Crippen LogP contribution in [0.2, 0.25) is 0 Å². The van der Waals surface area contributed by atoms with Crippen LogP contribution in [-0.4, -0.2) is 15.6 Å². The fourth-order valence-electron chi connectivity index (χ4n) is 2.96. The molecule has 26 heavy (non-hydrogen) atoms. The van der Waals surface area contributed by atoms with Crippen LogP contribution in [0.3, 0.4) is 0 Å². The normalized spacial score (nSPS) is 13.0. The Kier molecular flexibility index (Phi) is 5.20. The molecular formula is C17H18N4O5. The molecule has 9 heteroatoms. The minimum atomic E-state index is -0.880. The molecule has 0 aromatic heterocycles. The van der Waals surface area contributed by atoms with Gasteiger partial charge in [0.25, 0.3) is 11.4 Å². The Hall–Kier alpha value is -3.49. The standard InChI is InChI=1S/C17H18N4O5/c1-9(11-5-3-7-13(18)15(11)20(23)24)17(22)10(2)12-6-4-8-14(19)16(12)21(25)26/h3-10H,18-19H2,1-2H3. The van der Waals surface area contributed by atoms with Crippen molar-refractivity contribution in [2.75, 3.05) is 11.5 Å². The fraction of sp³-hybridized carbons (Fsp3) is 0.235. The average Bonchev–Trinajstić information content (AvgIpc) is 2.58. The summed E-state index contributed by atoms with van der Waals surface area (Å²) in [5.41, 5.74) is 10.9. The number of anilines is 2. The molecule has 0 aliphatic carbocycles. The van der Waals surface area contributed by atoms with E-state index < -0.39 is 27.5 Å². The van der Waals surface area contributed by atoms with Gasteiger partial charge in [0.15, 0.2) is 0 Å². The molecule has 0 bridgehead atoms. The Bertz CT molecular complexity index is 825. The van der Waals surface area contributed by atoms with Crippen LogP contribution in [0.4, 0.5) is 22.7 Å². The summed E-state index contributed by atoms with van der Waals surface area (Å²) < 4.78 is 0. The molecule has 9 nitrogen and oxygen atoms in total. The first kappa shape index (κ1) is 18.8. The molecule has 0 radical (unpaired) electrons. The second kappa shape index (κ2) is 7.18. The van der Waals surface area contributed by atoms with Crippen molar-refractivity contribution in [1.82, 2.24) is 0 Å². The molecule has 2 atom stereocenters. The van der Waals surface area contributed by atoms with E-state index in [0.29, 0.717) is 0 Å². The number of ketones is 1. The van der Waals surface area contributed by atoms with Crippen molar-refractivity contribution in [2.45, 2.75) is 25.7 Å². The fourth-order valence-corrected chi connectivity index (χ4v) is 2.96. The van der Waals surface area contributed by atoms with Gasteiger partial charge in [-0.25, -0.2) is 0 Å². The van der Waals surface area contributed by atoms with Gasteiger partial charge >= 0.3 is 0 Å². The summed E-state index contributed by atoms with van der Waals surface area (Å²) in [6.07, 6.45) is 0. The molecule has 0 saturated heterocycles. The van der Waals surface area contributed by atoms with Crippen molar-refractivity contribution >= 4 is 28.5 Å². The first-order valence-electron chi connectivity index (χ1n) is 7.76. The molecule has 0 amide bonds. The van der Waals surface area contributed by atoms with Crippen molar-refractivity contribution in [3.05, 3.63) is 67.8 Å². The molecule has 2 aromatic rings. The highest BCUT2D eigenvalue weighted by atomic mass is 16.6. The molecule has 2 rings (SSSR count). The molecule has 0 saturated carbocycles. The molecule has 0 heterocycles. The van der Waals surface area contributed by atoms with Crippen LogP contribution in [0.25, 0.3) is 0 Å². The first-order chi connectivity index (χ1) is 12.2. The van der Waals surface area contributed by atoms with Crippen molar-refractivity contribution in [2.24, 2.45) is 0 Å². The average molecular weight is 358 g/mol. The minimum Gasteiger partial charge on any atom is -0.393 e. The third kappa shape index (κ3) is 3.32. The maximum Gasteiger partial charge on any atom is 0.295 e. The van der Waals surface area contributed by atoms with E-state index >= 15 is 0 Å². The Morgan fingerprint density at radius 2 is 1.19 bits per heavy atom. The van der Waals surface area contributed by atoms with E-state index in [9.17, 15) is 25.0 Å². The predicted molar refractivity (Wildman–Crippen MR) is 96.9 cm³/mol. The quantitative estimate of drug-likeness (QED) is 0.456. The van der Waals surface area contributed by atoms with Crippen LogP contribution in [0, 0.1) is 20.2 Å². The van der Waals surface area contributed by atoms with E-state index in [1.807, 2.05) is 0 Å². The lowest BCUT2D eigenvalue weighted by molar-refractivity contribution is -0.384. The number of nitrogen functional groups attached to an aromatic ring is 2. The number of benzene rings is 2. The van der Waals surface area contributed by atoms with E-state index in [1.54, 1.807) is 0 Å². The van der Waals surface area contributed by atoms with Gasteiger partial charge in [0, 0.05) is 23.0 Å². The van der Waals surface area contributed by atoms with Gasteiger partial charge in [0.2, 0.25) is 0 Å². The van der Waals surface area contributed by atoms with E-state index in [-0.39, 0.29) is 33.9 Å². The summed E-state index contributed by atoms with van der Waals surface area (Å²) in [4.78, 5) is 34.2. The Morgan fingerprint density at radius 3 is 1.50 bits per heavy atom. The summed E-state index contributed by atoms with van der Waals surface area (Å²) in [7, 11) is 0. The molecule has 0 fully saturated rings. The van der Waals surface area contributed by atoms with E-state index in [4.69, 9.17) is 11.5 Å². The van der Waals surface area contributed by atoms with Gasteiger partial charge in [-0.05, 0) is 12.1 Å². The predicted octanol–water partition coefficient (Wildman–Crippen LogP) is 3.14. The maximum absolute atomic E-state index is 12.9. The van der Waals surface area contributed by atoms with Crippen molar-refractivity contribution in [1.29, 1.82) is 0 Å². The van der Waals surface area contributed by atoms with Gasteiger partial charge in [-0.3, -0.25) is 25.0 Å². The zero-order valence-corrected chi connectivity index (χ0v) is 14.2. The van der Waals surface area contributed by atoms with Crippen molar-refractivity contribution in [3.8, 4) is 0 Å². The minimum absolute atomic E-state index is 0.0465. The lowest BCUT2D eigenvalue weighted by atomic mass is 9.84. The number of Topliss-reactive ketones (excluding diaryl/α,β-unsaturated/α-hetero) is 1. The molecule has 0 spiro atoms. The Labute approximate surface area is 148 Å². The number of carbonyl (C=O) groups is 1. The molecule has 2 aromatic carbocycles. The third-order valence-electron chi connectivity index (χ3n) is 4.35. The van der Waals surface area contributed by atoms with Crippen LogP contribution in [0.5, 0.6) is 0 Å². The second-order valence-electron chi connectivity index (χ2n) is 5.93. The van der Waals surface area contributed by atoms with E-state index in [1.165, 1.54) is 50.2 Å². The number of carbonyl (C=O) groups excluding carboxylic acids is 1. The highest BCUT2D eigenvalue weighted by molar-refractivity contribution is 5.94. The molecule has 0 aliphatic heterocycles. The number of para-hydroxylation sites is 2. The molecule has 0 aliphatic rings. The number of nitro benzene ring substituents is 2. The van der Waals surface area contributed by atoms with Gasteiger partial charge in [-0.2, -0.15) is 0 Å². The Morgan fingerprint density at radius 1 is 0.846 bits per heavy atom. The van der Waals surface area contributed by atoms with Crippen LogP contribution >= 0.6 is 0 Å². The highest BCUT2D eigenvalue weighted by Crippen LogP contribution is 2.38. The Balaban J connectivity index is 2.48. The maximum atomic E-state index is 12.9. The number of nitro groups is 2. The number of hydrogen-bond donors (Lipinski definition) is 2. The summed E-state index contributed by atoms with van der Waals surface area (Å²) >= 11 is 0. The van der Waals surface area contributed by atoms with E-state index in [2.05, 4.69) is 0 Å². The molecule has 4 N–H and O–H groups in total. The zero-order valence-electron chi connectivity index (χ0n) is 14.2. The monoisotopic (exact) mass is 358 g/mol. The highest BCUT2D eigenvalue weighted by Gasteiger charge is 2.33. The summed E-state index contributed by atoms with van der Waals surface area (Å²) in [5.74, 6) is -2.17. The summed E-state index contributed by atoms with van der Waals surface area (Å²) in [6.45, 7) is 3.03. The van der Waals surface area contributed by atoms with Gasteiger partial charge < -0.3 is 11.5 Å². The van der Waals surface area contributed by atoms with E-state index in [0.717, 1.165) is 0 Å². The van der Waals surface area contributed by atoms with Crippen LogP contribution in [0.1, 0.15) is 36.8 Å². The number of rotatable bonds is 6. The third-order valence-corrected chi connectivity index (χ3v) is 4.35. The smallest absolute Gasteiger partial charge is 0.295 e.